The second kappa shape index (κ2) is 4.72. The molecule has 1 N–H and O–H groups in total. The van der Waals surface area contributed by atoms with Gasteiger partial charge < -0.3 is 9.88 Å². The lowest BCUT2D eigenvalue weighted by atomic mass is 10.0. The molecule has 3 heteroatoms. The van der Waals surface area contributed by atoms with Crippen molar-refractivity contribution in [3.63, 3.8) is 0 Å². The van der Waals surface area contributed by atoms with Gasteiger partial charge >= 0.3 is 0 Å². The van der Waals surface area contributed by atoms with Crippen LogP contribution < -0.4 is 10.9 Å². The van der Waals surface area contributed by atoms with Gasteiger partial charge in [0.15, 0.2) is 0 Å². The second-order valence-electron chi connectivity index (χ2n) is 4.23. The second-order valence-corrected chi connectivity index (χ2v) is 4.23. The van der Waals surface area contributed by atoms with E-state index in [4.69, 9.17) is 0 Å². The van der Waals surface area contributed by atoms with Crippen LogP contribution in [-0.2, 0) is 6.54 Å². The summed E-state index contributed by atoms with van der Waals surface area (Å²) in [7, 11) is 1.93. The number of nitrogens with one attached hydrogen (secondary N) is 1. The van der Waals surface area contributed by atoms with Gasteiger partial charge in [-0.05, 0) is 37.9 Å². The Morgan fingerprint density at radius 2 is 1.94 bits per heavy atom. The molecule has 1 aromatic heterocycles. The summed E-state index contributed by atoms with van der Waals surface area (Å²) in [5, 5.41) is 5.07. The van der Waals surface area contributed by atoms with E-state index in [9.17, 15) is 4.79 Å². The van der Waals surface area contributed by atoms with Crippen LogP contribution in [0, 0.1) is 0 Å². The molecule has 0 amide bonds. The van der Waals surface area contributed by atoms with E-state index in [0.29, 0.717) is 6.54 Å². The largest absolute Gasteiger partial charge is 0.315 e. The third kappa shape index (κ3) is 1.98. The van der Waals surface area contributed by atoms with Gasteiger partial charge in [0, 0.05) is 24.2 Å². The standard InChI is InChI=1S/C14H18N2O/c1-4-16-9-13(10(2)15-3)11-7-5-6-8-12(11)14(16)17/h5-10,15H,4H2,1-3H3. The van der Waals surface area contributed by atoms with Crippen molar-refractivity contribution in [3.05, 3.63) is 46.4 Å². The highest BCUT2D eigenvalue weighted by Crippen LogP contribution is 2.21. The molecule has 0 radical (unpaired) electrons. The zero-order valence-corrected chi connectivity index (χ0v) is 10.5. The Morgan fingerprint density at radius 1 is 1.29 bits per heavy atom. The molecule has 0 fully saturated rings. The fourth-order valence-corrected chi connectivity index (χ4v) is 2.11. The number of fused-ring (bicyclic) bond motifs is 1. The maximum atomic E-state index is 12.2. The topological polar surface area (TPSA) is 34.0 Å². The number of hydrogen-bond acceptors (Lipinski definition) is 2. The number of hydrogen-bond donors (Lipinski definition) is 1. The van der Waals surface area contributed by atoms with Gasteiger partial charge in [0.25, 0.3) is 5.56 Å². The minimum Gasteiger partial charge on any atom is -0.315 e. The number of aromatic nitrogens is 1. The van der Waals surface area contributed by atoms with Crippen molar-refractivity contribution in [2.45, 2.75) is 26.4 Å². The van der Waals surface area contributed by atoms with E-state index in [0.717, 1.165) is 10.8 Å². The molecule has 3 nitrogen and oxygen atoms in total. The molecule has 0 aliphatic carbocycles. The highest BCUT2D eigenvalue weighted by Gasteiger charge is 2.11. The predicted molar refractivity (Wildman–Crippen MR) is 71.4 cm³/mol. The van der Waals surface area contributed by atoms with Gasteiger partial charge in [-0.25, -0.2) is 0 Å². The Balaban J connectivity index is 2.83. The highest BCUT2D eigenvalue weighted by atomic mass is 16.1. The zero-order valence-electron chi connectivity index (χ0n) is 10.5. The summed E-state index contributed by atoms with van der Waals surface area (Å²) in [5.41, 5.74) is 1.26. The molecule has 0 saturated heterocycles. The van der Waals surface area contributed by atoms with Crippen LogP contribution >= 0.6 is 0 Å². The minimum atomic E-state index is 0.0927. The first kappa shape index (κ1) is 11.9. The van der Waals surface area contributed by atoms with E-state index in [-0.39, 0.29) is 11.6 Å². The fourth-order valence-electron chi connectivity index (χ4n) is 2.11. The van der Waals surface area contributed by atoms with Crippen molar-refractivity contribution < 1.29 is 0 Å². The number of pyridine rings is 1. The van der Waals surface area contributed by atoms with Gasteiger partial charge in [-0.3, -0.25) is 4.79 Å². The number of nitrogens with zero attached hydrogens (tertiary/aromatic N) is 1. The molecular formula is C14H18N2O. The number of benzene rings is 1. The van der Waals surface area contributed by atoms with Crippen LogP contribution in [-0.4, -0.2) is 11.6 Å². The lowest BCUT2D eigenvalue weighted by Gasteiger charge is -2.16. The Morgan fingerprint density at radius 3 is 2.53 bits per heavy atom. The van der Waals surface area contributed by atoms with E-state index in [1.807, 2.05) is 44.4 Å². The van der Waals surface area contributed by atoms with E-state index < -0.39 is 0 Å². The molecular weight excluding hydrogens is 212 g/mol. The molecule has 0 aliphatic heterocycles. The SMILES string of the molecule is CCn1cc(C(C)NC)c2ccccc2c1=O. The van der Waals surface area contributed by atoms with Crippen molar-refractivity contribution in [2.75, 3.05) is 7.05 Å². The molecule has 0 saturated carbocycles. The van der Waals surface area contributed by atoms with E-state index in [1.54, 1.807) is 4.57 Å². The lowest BCUT2D eigenvalue weighted by molar-refractivity contribution is 0.638. The first-order chi connectivity index (χ1) is 8.19. The first-order valence-corrected chi connectivity index (χ1v) is 5.98. The Labute approximate surface area is 101 Å². The number of aryl methyl sites for hydroxylation is 1. The smallest absolute Gasteiger partial charge is 0.258 e. The third-order valence-corrected chi connectivity index (χ3v) is 3.26. The van der Waals surface area contributed by atoms with Crippen molar-refractivity contribution >= 4 is 10.8 Å². The molecule has 2 rings (SSSR count). The van der Waals surface area contributed by atoms with Crippen LogP contribution in [0.3, 0.4) is 0 Å². The Hall–Kier alpha value is -1.61. The first-order valence-electron chi connectivity index (χ1n) is 5.98. The summed E-state index contributed by atoms with van der Waals surface area (Å²) in [6, 6.07) is 8.04. The van der Waals surface area contributed by atoms with Gasteiger partial charge in [0.2, 0.25) is 0 Å². The molecule has 0 bridgehead atoms. The number of rotatable bonds is 3. The summed E-state index contributed by atoms with van der Waals surface area (Å²) in [4.78, 5) is 12.2. The molecule has 0 spiro atoms. The summed E-state index contributed by atoms with van der Waals surface area (Å²) < 4.78 is 1.77. The van der Waals surface area contributed by atoms with Crippen LogP contribution in [0.1, 0.15) is 25.5 Å². The minimum absolute atomic E-state index is 0.0927. The molecule has 2 aromatic rings. The van der Waals surface area contributed by atoms with Crippen molar-refractivity contribution in [1.29, 1.82) is 0 Å². The lowest BCUT2D eigenvalue weighted by Crippen LogP contribution is -2.22. The predicted octanol–water partition coefficient (Wildman–Crippen LogP) is 2.30. The summed E-state index contributed by atoms with van der Waals surface area (Å²) in [6.07, 6.45) is 1.96. The quantitative estimate of drug-likeness (QED) is 0.878. The molecule has 1 heterocycles. The van der Waals surface area contributed by atoms with E-state index in [2.05, 4.69) is 12.2 Å². The molecule has 1 unspecified atom stereocenters. The average molecular weight is 230 g/mol. The summed E-state index contributed by atoms with van der Waals surface area (Å²) in [6.45, 7) is 4.79. The van der Waals surface area contributed by atoms with Gasteiger partial charge in [-0.15, -0.1) is 0 Å². The molecule has 1 atom stereocenters. The molecule has 90 valence electrons. The Bertz CT molecular complexity index is 586. The summed E-state index contributed by atoms with van der Waals surface area (Å²) >= 11 is 0. The van der Waals surface area contributed by atoms with Crippen LogP contribution in [0.4, 0.5) is 0 Å². The fraction of sp³-hybridized carbons (Fsp3) is 0.357. The van der Waals surface area contributed by atoms with Crippen LogP contribution in [0.2, 0.25) is 0 Å². The van der Waals surface area contributed by atoms with E-state index >= 15 is 0 Å². The van der Waals surface area contributed by atoms with Crippen molar-refractivity contribution in [2.24, 2.45) is 0 Å². The van der Waals surface area contributed by atoms with E-state index in [1.165, 1.54) is 5.56 Å². The average Bonchev–Trinajstić information content (AvgIpc) is 2.38. The van der Waals surface area contributed by atoms with Crippen molar-refractivity contribution in [1.82, 2.24) is 9.88 Å². The van der Waals surface area contributed by atoms with Gasteiger partial charge in [-0.2, -0.15) is 0 Å². The summed E-state index contributed by atoms with van der Waals surface area (Å²) in [5.74, 6) is 0. The molecule has 0 aliphatic rings. The maximum Gasteiger partial charge on any atom is 0.258 e. The molecule has 1 aromatic carbocycles. The normalized spacial score (nSPS) is 12.9. The van der Waals surface area contributed by atoms with Crippen LogP contribution in [0.15, 0.2) is 35.3 Å². The van der Waals surface area contributed by atoms with Crippen LogP contribution in [0.5, 0.6) is 0 Å². The monoisotopic (exact) mass is 230 g/mol. The molecule has 17 heavy (non-hydrogen) atoms. The van der Waals surface area contributed by atoms with Crippen LogP contribution in [0.25, 0.3) is 10.8 Å². The Kier molecular flexibility index (Phi) is 3.29. The van der Waals surface area contributed by atoms with Gasteiger partial charge in [0.05, 0.1) is 0 Å². The third-order valence-electron chi connectivity index (χ3n) is 3.26. The van der Waals surface area contributed by atoms with Gasteiger partial charge in [0.1, 0.15) is 0 Å². The maximum absolute atomic E-state index is 12.2. The highest BCUT2D eigenvalue weighted by molar-refractivity contribution is 5.85. The van der Waals surface area contributed by atoms with Gasteiger partial charge in [-0.1, -0.05) is 18.2 Å². The van der Waals surface area contributed by atoms with Crippen molar-refractivity contribution in [3.8, 4) is 0 Å². The zero-order chi connectivity index (χ0) is 12.4.